The molecule has 1 fully saturated rings. The molecule has 1 saturated heterocycles. The number of carbonyl (C=O) groups excluding carboxylic acids is 2. The smallest absolute Gasteiger partial charge is 0.433 e. The lowest BCUT2D eigenvalue weighted by atomic mass is 10.1. The number of ether oxygens (including phenoxy) is 2. The predicted molar refractivity (Wildman–Crippen MR) is 30.8 cm³/mol. The molecule has 0 aromatic carbocycles. The molecule has 0 amide bonds. The summed E-state index contributed by atoms with van der Waals surface area (Å²) in [6.07, 6.45) is -0.823. The lowest BCUT2D eigenvalue weighted by Crippen LogP contribution is -2.23. The van der Waals surface area contributed by atoms with Crippen molar-refractivity contribution in [2.45, 2.75) is 6.92 Å². The minimum absolute atomic E-state index is 0.0243. The summed E-state index contributed by atoms with van der Waals surface area (Å²) in [6.45, 7) is 1.91. The zero-order valence-corrected chi connectivity index (χ0v) is 5.42. The van der Waals surface area contributed by atoms with Crippen LogP contribution < -0.4 is 0 Å². The first kappa shape index (κ1) is 6.83. The van der Waals surface area contributed by atoms with Crippen LogP contribution in [0.5, 0.6) is 0 Å². The highest BCUT2D eigenvalue weighted by atomic mass is 16.7. The molecule has 1 aliphatic heterocycles. The second-order valence-electron chi connectivity index (χ2n) is 2.03. The van der Waals surface area contributed by atoms with Crippen LogP contribution in [-0.4, -0.2) is 18.7 Å². The van der Waals surface area contributed by atoms with E-state index in [9.17, 15) is 9.59 Å². The van der Waals surface area contributed by atoms with Crippen molar-refractivity contribution < 1.29 is 19.1 Å². The molecule has 0 spiro atoms. The minimum atomic E-state index is -0.823. The summed E-state index contributed by atoms with van der Waals surface area (Å²) in [5, 5.41) is 0. The summed E-state index contributed by atoms with van der Waals surface area (Å²) in [5.74, 6) is 1.38. The predicted octanol–water partition coefficient (Wildman–Crippen LogP) is 0.505. The highest BCUT2D eigenvalue weighted by Gasteiger charge is 2.23. The first-order valence-electron chi connectivity index (χ1n) is 2.83. The Hall–Kier alpha value is -1.28. The van der Waals surface area contributed by atoms with E-state index in [1.165, 1.54) is 5.94 Å². The van der Waals surface area contributed by atoms with Crippen LogP contribution in [0.4, 0.5) is 4.79 Å². The molecule has 4 heteroatoms. The van der Waals surface area contributed by atoms with Gasteiger partial charge in [-0.2, -0.15) is 0 Å². The first-order valence-corrected chi connectivity index (χ1v) is 2.83. The second-order valence-corrected chi connectivity index (χ2v) is 2.03. The Labute approximate surface area is 57.4 Å². The van der Waals surface area contributed by atoms with Crippen molar-refractivity contribution in [3.05, 3.63) is 5.76 Å². The largest absolute Gasteiger partial charge is 0.514 e. The van der Waals surface area contributed by atoms with Crippen molar-refractivity contribution in [2.24, 2.45) is 5.92 Å². The maximum absolute atomic E-state index is 10.3. The third-order valence-corrected chi connectivity index (χ3v) is 1.19. The van der Waals surface area contributed by atoms with E-state index >= 15 is 0 Å². The van der Waals surface area contributed by atoms with Crippen molar-refractivity contribution in [1.29, 1.82) is 0 Å². The van der Waals surface area contributed by atoms with Crippen LogP contribution in [0.15, 0.2) is 5.76 Å². The Morgan fingerprint density at radius 2 is 2.40 bits per heavy atom. The molecule has 1 atom stereocenters. The van der Waals surface area contributed by atoms with Gasteiger partial charge in [-0.05, 0) is 0 Å². The van der Waals surface area contributed by atoms with Gasteiger partial charge >= 0.3 is 6.16 Å². The normalized spacial score (nSPS) is 24.7. The quantitative estimate of drug-likeness (QED) is 0.365. The Bertz CT molecular complexity index is 202. The molecule has 0 aliphatic carbocycles. The number of hydrogen-bond donors (Lipinski definition) is 0. The third kappa shape index (κ3) is 1.17. The van der Waals surface area contributed by atoms with Gasteiger partial charge in [0.25, 0.3) is 0 Å². The van der Waals surface area contributed by atoms with Crippen molar-refractivity contribution in [3.8, 4) is 0 Å². The van der Waals surface area contributed by atoms with Gasteiger partial charge in [0.05, 0.1) is 5.92 Å². The van der Waals surface area contributed by atoms with Gasteiger partial charge in [-0.3, -0.25) is 0 Å². The summed E-state index contributed by atoms with van der Waals surface area (Å²) < 4.78 is 8.84. The number of carbonyl (C=O) groups is 1. The van der Waals surface area contributed by atoms with E-state index in [0.717, 1.165) is 0 Å². The summed E-state index contributed by atoms with van der Waals surface area (Å²) in [6, 6.07) is 0. The lowest BCUT2D eigenvalue weighted by Gasteiger charge is -2.17. The van der Waals surface area contributed by atoms with Gasteiger partial charge in [0.15, 0.2) is 5.94 Å². The van der Waals surface area contributed by atoms with Gasteiger partial charge in [0.2, 0.25) is 5.76 Å². The topological polar surface area (TPSA) is 52.6 Å². The van der Waals surface area contributed by atoms with Gasteiger partial charge in [-0.15, -0.1) is 0 Å². The highest BCUT2D eigenvalue weighted by molar-refractivity contribution is 5.66. The van der Waals surface area contributed by atoms with Gasteiger partial charge in [0, 0.05) is 0 Å². The van der Waals surface area contributed by atoms with Crippen LogP contribution >= 0.6 is 0 Å². The fourth-order valence-electron chi connectivity index (χ4n) is 0.610. The van der Waals surface area contributed by atoms with Crippen molar-refractivity contribution in [3.63, 3.8) is 0 Å². The van der Waals surface area contributed by atoms with E-state index in [0.29, 0.717) is 0 Å². The summed E-state index contributed by atoms with van der Waals surface area (Å²) in [4.78, 5) is 20.4. The maximum atomic E-state index is 10.3. The molecule has 54 valence electrons. The molecule has 0 bridgehead atoms. The molecule has 0 N–H and O–H groups in total. The fourth-order valence-corrected chi connectivity index (χ4v) is 0.610. The molecule has 4 nitrogen and oxygen atoms in total. The first-order chi connectivity index (χ1) is 4.74. The Morgan fingerprint density at radius 3 is 2.90 bits per heavy atom. The van der Waals surface area contributed by atoms with E-state index in [-0.39, 0.29) is 18.3 Å². The number of rotatable bonds is 0. The maximum Gasteiger partial charge on any atom is 0.514 e. The van der Waals surface area contributed by atoms with E-state index in [4.69, 9.17) is 0 Å². The molecule has 0 saturated carbocycles. The molecular formula is C6H6O4. The summed E-state index contributed by atoms with van der Waals surface area (Å²) >= 11 is 0. The zero-order valence-electron chi connectivity index (χ0n) is 5.42. The molecule has 1 aliphatic rings. The molecule has 0 radical (unpaired) electrons. The van der Waals surface area contributed by atoms with Gasteiger partial charge in [-0.1, -0.05) is 6.92 Å². The molecule has 10 heavy (non-hydrogen) atoms. The van der Waals surface area contributed by atoms with Crippen molar-refractivity contribution >= 4 is 12.1 Å². The van der Waals surface area contributed by atoms with E-state index in [1.807, 2.05) is 0 Å². The van der Waals surface area contributed by atoms with Crippen LogP contribution in [0, 0.1) is 5.92 Å². The van der Waals surface area contributed by atoms with Gasteiger partial charge < -0.3 is 9.47 Å². The van der Waals surface area contributed by atoms with Crippen LogP contribution in [0.1, 0.15) is 6.92 Å². The van der Waals surface area contributed by atoms with Crippen molar-refractivity contribution in [1.82, 2.24) is 0 Å². The van der Waals surface area contributed by atoms with Crippen LogP contribution in [0.25, 0.3) is 0 Å². The number of hydrogen-bond acceptors (Lipinski definition) is 4. The SMILES string of the molecule is CC1COC(=O)OC1=C=O. The molecule has 1 unspecified atom stereocenters. The molecular weight excluding hydrogens is 136 g/mol. The standard InChI is InChI=1S/C6H6O4/c1-4-3-9-6(8)10-5(4)2-7/h4H,3H2,1H3. The lowest BCUT2D eigenvalue weighted by molar-refractivity contribution is 0.0292. The number of cyclic esters (lactones) is 2. The van der Waals surface area contributed by atoms with E-state index < -0.39 is 6.16 Å². The average molecular weight is 142 g/mol. The molecule has 1 heterocycles. The van der Waals surface area contributed by atoms with E-state index in [1.54, 1.807) is 6.92 Å². The van der Waals surface area contributed by atoms with Crippen molar-refractivity contribution in [2.75, 3.05) is 6.61 Å². The van der Waals surface area contributed by atoms with Crippen LogP contribution in [-0.2, 0) is 14.3 Å². The fraction of sp³-hybridized carbons (Fsp3) is 0.500. The highest BCUT2D eigenvalue weighted by Crippen LogP contribution is 2.15. The minimum Gasteiger partial charge on any atom is -0.433 e. The molecule has 1 rings (SSSR count). The molecule has 0 aromatic rings. The Morgan fingerprint density at radius 1 is 1.70 bits per heavy atom. The summed E-state index contributed by atoms with van der Waals surface area (Å²) in [5.41, 5.74) is 0. The Kier molecular flexibility index (Phi) is 1.73. The average Bonchev–Trinajstić information content (AvgIpc) is 1.94. The summed E-state index contributed by atoms with van der Waals surface area (Å²) in [7, 11) is 0. The van der Waals surface area contributed by atoms with Gasteiger partial charge in [-0.25, -0.2) is 9.59 Å². The zero-order chi connectivity index (χ0) is 7.56. The Balaban J connectivity index is 2.72. The van der Waals surface area contributed by atoms with E-state index in [2.05, 4.69) is 9.47 Å². The van der Waals surface area contributed by atoms with Gasteiger partial charge in [0.1, 0.15) is 6.61 Å². The van der Waals surface area contributed by atoms with Crippen LogP contribution in [0.3, 0.4) is 0 Å². The molecule has 0 aromatic heterocycles. The monoisotopic (exact) mass is 142 g/mol. The third-order valence-electron chi connectivity index (χ3n) is 1.19. The second kappa shape index (κ2) is 2.54. The van der Waals surface area contributed by atoms with Crippen LogP contribution in [0.2, 0.25) is 0 Å².